The van der Waals surface area contributed by atoms with Gasteiger partial charge in [0.2, 0.25) is 0 Å². The van der Waals surface area contributed by atoms with Crippen LogP contribution in [0.25, 0.3) is 10.9 Å². The number of aromatic nitrogens is 1. The molecule has 0 saturated carbocycles. The number of methoxy groups -OCH3 is 1. The molecule has 136 valence electrons. The number of hydrogen-bond donors (Lipinski definition) is 0. The Balaban J connectivity index is 2.39. The standard InChI is InChI=1S/C19H26N2O4/c1-4-6-7-8-9-12-25-19-16(24-3)13-15(21(22)23)18-17(19)14(5-2)10-11-20-18/h10-11,13H,4-9,12H2,1-3H3. The predicted octanol–water partition coefficient (Wildman–Crippen LogP) is 5.06. The van der Waals surface area contributed by atoms with Gasteiger partial charge in [0.25, 0.3) is 5.69 Å². The highest BCUT2D eigenvalue weighted by Gasteiger charge is 2.23. The van der Waals surface area contributed by atoms with E-state index in [4.69, 9.17) is 9.47 Å². The first-order chi connectivity index (χ1) is 12.1. The highest BCUT2D eigenvalue weighted by Crippen LogP contribution is 2.42. The summed E-state index contributed by atoms with van der Waals surface area (Å²) < 4.78 is 11.4. The lowest BCUT2D eigenvalue weighted by Gasteiger charge is -2.15. The summed E-state index contributed by atoms with van der Waals surface area (Å²) in [5, 5.41) is 12.1. The Kier molecular flexibility index (Phi) is 6.98. The fraction of sp³-hybridized carbons (Fsp3) is 0.526. The van der Waals surface area contributed by atoms with Crippen LogP contribution in [0.2, 0.25) is 0 Å². The van der Waals surface area contributed by atoms with Crippen LogP contribution in [0.3, 0.4) is 0 Å². The molecular weight excluding hydrogens is 320 g/mol. The van der Waals surface area contributed by atoms with Crippen molar-refractivity contribution in [2.75, 3.05) is 13.7 Å². The molecule has 0 aliphatic rings. The summed E-state index contributed by atoms with van der Waals surface area (Å²) in [7, 11) is 1.50. The van der Waals surface area contributed by atoms with Crippen LogP contribution in [0.1, 0.15) is 51.5 Å². The molecule has 0 aliphatic heterocycles. The van der Waals surface area contributed by atoms with Crippen molar-refractivity contribution in [2.24, 2.45) is 0 Å². The summed E-state index contributed by atoms with van der Waals surface area (Å²) in [5.74, 6) is 0.944. The van der Waals surface area contributed by atoms with Crippen LogP contribution in [0.5, 0.6) is 11.5 Å². The second kappa shape index (κ2) is 9.20. The van der Waals surface area contributed by atoms with Crippen LogP contribution in [0.15, 0.2) is 18.3 Å². The Morgan fingerprint density at radius 3 is 2.60 bits per heavy atom. The van der Waals surface area contributed by atoms with Gasteiger partial charge in [-0.25, -0.2) is 4.98 Å². The molecule has 0 unspecified atom stereocenters. The number of hydrogen-bond acceptors (Lipinski definition) is 5. The summed E-state index contributed by atoms with van der Waals surface area (Å²) in [6.45, 7) is 4.75. The van der Waals surface area contributed by atoms with Gasteiger partial charge in [0.15, 0.2) is 17.0 Å². The molecule has 0 radical (unpaired) electrons. The number of pyridine rings is 1. The maximum atomic E-state index is 11.4. The normalized spacial score (nSPS) is 10.8. The van der Waals surface area contributed by atoms with Crippen molar-refractivity contribution in [3.8, 4) is 11.5 Å². The number of rotatable bonds is 10. The number of nitro benzene ring substituents is 1. The average Bonchev–Trinajstić information content (AvgIpc) is 2.63. The fourth-order valence-corrected chi connectivity index (χ4v) is 2.94. The van der Waals surface area contributed by atoms with Gasteiger partial charge in [-0.2, -0.15) is 0 Å². The number of unbranched alkanes of at least 4 members (excludes halogenated alkanes) is 4. The number of benzene rings is 1. The van der Waals surface area contributed by atoms with Crippen molar-refractivity contribution in [1.29, 1.82) is 0 Å². The SMILES string of the molecule is CCCCCCCOc1c(OC)cc([N+](=O)[O-])c2nccc(CC)c12. The van der Waals surface area contributed by atoms with E-state index in [-0.39, 0.29) is 5.69 Å². The van der Waals surface area contributed by atoms with E-state index in [0.29, 0.717) is 29.0 Å². The van der Waals surface area contributed by atoms with Crippen molar-refractivity contribution < 1.29 is 14.4 Å². The molecule has 0 bridgehead atoms. The lowest BCUT2D eigenvalue weighted by Crippen LogP contribution is -2.04. The van der Waals surface area contributed by atoms with Gasteiger partial charge < -0.3 is 9.47 Å². The summed E-state index contributed by atoms with van der Waals surface area (Å²) in [6.07, 6.45) is 8.02. The van der Waals surface area contributed by atoms with Gasteiger partial charge in [0.05, 0.1) is 30.1 Å². The third kappa shape index (κ3) is 4.38. The Morgan fingerprint density at radius 2 is 1.96 bits per heavy atom. The number of nitro groups is 1. The van der Waals surface area contributed by atoms with Gasteiger partial charge in [-0.3, -0.25) is 10.1 Å². The summed E-state index contributed by atoms with van der Waals surface area (Å²) in [6, 6.07) is 3.28. The lowest BCUT2D eigenvalue weighted by molar-refractivity contribution is -0.383. The molecule has 0 amide bonds. The number of aryl methyl sites for hydroxylation is 1. The predicted molar refractivity (Wildman–Crippen MR) is 98.6 cm³/mol. The van der Waals surface area contributed by atoms with Crippen LogP contribution in [0.4, 0.5) is 5.69 Å². The van der Waals surface area contributed by atoms with Crippen LogP contribution in [-0.2, 0) is 6.42 Å². The van der Waals surface area contributed by atoms with E-state index in [2.05, 4.69) is 11.9 Å². The molecule has 0 fully saturated rings. The van der Waals surface area contributed by atoms with E-state index in [1.807, 2.05) is 13.0 Å². The molecule has 0 saturated heterocycles. The quantitative estimate of drug-likeness (QED) is 0.341. The first-order valence-corrected chi connectivity index (χ1v) is 8.89. The molecule has 2 rings (SSSR count). The van der Waals surface area contributed by atoms with Crippen molar-refractivity contribution in [3.63, 3.8) is 0 Å². The number of nitrogens with zero attached hydrogens (tertiary/aromatic N) is 2. The van der Waals surface area contributed by atoms with E-state index < -0.39 is 4.92 Å². The third-order valence-corrected chi connectivity index (χ3v) is 4.29. The first kappa shape index (κ1) is 19.0. The molecule has 25 heavy (non-hydrogen) atoms. The number of fused-ring (bicyclic) bond motifs is 1. The zero-order valence-electron chi connectivity index (χ0n) is 15.2. The maximum Gasteiger partial charge on any atom is 0.299 e. The van der Waals surface area contributed by atoms with Gasteiger partial charge in [-0.15, -0.1) is 0 Å². The monoisotopic (exact) mass is 346 g/mol. The third-order valence-electron chi connectivity index (χ3n) is 4.29. The molecule has 1 aromatic carbocycles. The van der Waals surface area contributed by atoms with Crippen molar-refractivity contribution >= 4 is 16.6 Å². The van der Waals surface area contributed by atoms with Crippen LogP contribution >= 0.6 is 0 Å². The summed E-state index contributed by atoms with van der Waals surface area (Å²) in [5.41, 5.74) is 1.26. The Morgan fingerprint density at radius 1 is 1.20 bits per heavy atom. The molecule has 2 aromatic rings. The minimum Gasteiger partial charge on any atom is -0.493 e. The van der Waals surface area contributed by atoms with Gasteiger partial charge in [-0.1, -0.05) is 39.5 Å². The van der Waals surface area contributed by atoms with Crippen LogP contribution in [0, 0.1) is 10.1 Å². The highest BCUT2D eigenvalue weighted by molar-refractivity contribution is 5.97. The maximum absolute atomic E-state index is 11.4. The minimum absolute atomic E-state index is 0.0579. The number of non-ortho nitro benzene ring substituents is 1. The van der Waals surface area contributed by atoms with Crippen molar-refractivity contribution in [2.45, 2.75) is 52.4 Å². The van der Waals surface area contributed by atoms with Crippen LogP contribution in [-0.4, -0.2) is 23.6 Å². The topological polar surface area (TPSA) is 74.5 Å². The average molecular weight is 346 g/mol. The van der Waals surface area contributed by atoms with E-state index >= 15 is 0 Å². The summed E-state index contributed by atoms with van der Waals surface area (Å²) >= 11 is 0. The highest BCUT2D eigenvalue weighted by atomic mass is 16.6. The largest absolute Gasteiger partial charge is 0.493 e. The molecule has 0 aliphatic carbocycles. The van der Waals surface area contributed by atoms with E-state index in [1.165, 1.54) is 32.4 Å². The Labute approximate surface area is 148 Å². The van der Waals surface area contributed by atoms with Gasteiger partial charge in [0, 0.05) is 6.20 Å². The molecule has 6 nitrogen and oxygen atoms in total. The zero-order chi connectivity index (χ0) is 18.2. The number of ether oxygens (including phenoxy) is 2. The second-order valence-electron chi connectivity index (χ2n) is 5.99. The van der Waals surface area contributed by atoms with Crippen molar-refractivity contribution in [3.05, 3.63) is 34.0 Å². The van der Waals surface area contributed by atoms with Crippen LogP contribution < -0.4 is 9.47 Å². The Hall–Kier alpha value is -2.37. The van der Waals surface area contributed by atoms with Gasteiger partial charge in [-0.05, 0) is 24.5 Å². The lowest BCUT2D eigenvalue weighted by atomic mass is 10.0. The van der Waals surface area contributed by atoms with E-state index in [9.17, 15) is 10.1 Å². The summed E-state index contributed by atoms with van der Waals surface area (Å²) in [4.78, 5) is 15.2. The van der Waals surface area contributed by atoms with Crippen molar-refractivity contribution in [1.82, 2.24) is 4.98 Å². The zero-order valence-corrected chi connectivity index (χ0v) is 15.2. The smallest absolute Gasteiger partial charge is 0.299 e. The molecule has 6 heteroatoms. The molecule has 0 spiro atoms. The minimum atomic E-state index is -0.425. The van der Waals surface area contributed by atoms with Gasteiger partial charge >= 0.3 is 0 Å². The van der Waals surface area contributed by atoms with E-state index in [0.717, 1.165) is 24.8 Å². The van der Waals surface area contributed by atoms with E-state index in [1.54, 1.807) is 6.20 Å². The molecule has 1 heterocycles. The Bertz CT molecular complexity index is 731. The second-order valence-corrected chi connectivity index (χ2v) is 5.99. The van der Waals surface area contributed by atoms with Gasteiger partial charge in [0.1, 0.15) is 0 Å². The first-order valence-electron chi connectivity index (χ1n) is 8.89. The molecule has 0 N–H and O–H groups in total. The molecular formula is C19H26N2O4. The molecule has 1 aromatic heterocycles. The fourth-order valence-electron chi connectivity index (χ4n) is 2.94. The molecule has 0 atom stereocenters.